The zero-order valence-corrected chi connectivity index (χ0v) is 37.4. The number of hydrogen-bond acceptors (Lipinski definition) is 3. The van der Waals surface area contributed by atoms with E-state index >= 15 is 0 Å². The Labute approximate surface area is 358 Å². The van der Waals surface area contributed by atoms with Crippen molar-refractivity contribution in [2.45, 2.75) is 83.5 Å². The Morgan fingerprint density at radius 3 is 1.84 bits per heavy atom. The number of pyridine rings is 1. The van der Waals surface area contributed by atoms with Crippen LogP contribution in [0.1, 0.15) is 79.0 Å². The number of nitrogens with zero attached hydrogens (tertiary/aromatic N) is 3. The van der Waals surface area contributed by atoms with Crippen LogP contribution in [0.3, 0.4) is 0 Å². The van der Waals surface area contributed by atoms with Crippen molar-refractivity contribution in [3.05, 3.63) is 156 Å². The SMILES string of the molecule is CC(C)(C)c1ccc(-n2c(-c3[c-]c(-c4cc(C(C)(C)C)cc5c(-c6ccccc6)ccnc45)ccc3)nc3c(-c4cc(C(C)(C)C)ccc4[S-])cccc32)cc1.[Pt+2]. The number of para-hydroxylation sites is 1. The molecule has 0 spiro atoms. The maximum absolute atomic E-state index is 6.00. The quantitative estimate of drug-likeness (QED) is 0.127. The van der Waals surface area contributed by atoms with E-state index in [1.165, 1.54) is 27.8 Å². The predicted octanol–water partition coefficient (Wildman–Crippen LogP) is 13.8. The minimum Gasteiger partial charge on any atom is -0.779 e. The van der Waals surface area contributed by atoms with Crippen LogP contribution in [0.4, 0.5) is 0 Å². The van der Waals surface area contributed by atoms with Crippen LogP contribution in [0.25, 0.3) is 72.4 Å². The molecular weight excluding hydrogens is 894 g/mol. The fourth-order valence-corrected chi connectivity index (χ4v) is 7.83. The molecular formula is C52H49N3PtS. The van der Waals surface area contributed by atoms with Crippen LogP contribution in [0, 0.1) is 6.07 Å². The molecule has 2 heterocycles. The van der Waals surface area contributed by atoms with Gasteiger partial charge in [0.1, 0.15) is 0 Å². The summed E-state index contributed by atoms with van der Waals surface area (Å²) >= 11 is 6.00. The van der Waals surface area contributed by atoms with Gasteiger partial charge in [0.05, 0.1) is 16.9 Å². The summed E-state index contributed by atoms with van der Waals surface area (Å²) in [6.45, 7) is 20.3. The van der Waals surface area contributed by atoms with Crippen molar-refractivity contribution in [3.8, 4) is 50.5 Å². The van der Waals surface area contributed by atoms with Gasteiger partial charge in [0.2, 0.25) is 0 Å². The summed E-state index contributed by atoms with van der Waals surface area (Å²) in [6, 6.07) is 49.5. The van der Waals surface area contributed by atoms with Crippen LogP contribution < -0.4 is 0 Å². The smallest absolute Gasteiger partial charge is 0.779 e. The summed E-state index contributed by atoms with van der Waals surface area (Å²) in [5, 5.41) is 1.13. The predicted molar refractivity (Wildman–Crippen MR) is 239 cm³/mol. The molecule has 0 bridgehead atoms. The van der Waals surface area contributed by atoms with E-state index in [1.807, 2.05) is 6.20 Å². The summed E-state index contributed by atoms with van der Waals surface area (Å²) in [5.41, 5.74) is 15.0. The van der Waals surface area contributed by atoms with Crippen molar-refractivity contribution in [2.24, 2.45) is 0 Å². The first-order valence-corrected chi connectivity index (χ1v) is 19.9. The monoisotopic (exact) mass is 942 g/mol. The molecule has 0 unspecified atom stereocenters. The van der Waals surface area contributed by atoms with Gasteiger partial charge in [-0.15, -0.1) is 29.8 Å². The molecule has 2 aromatic heterocycles. The summed E-state index contributed by atoms with van der Waals surface area (Å²) in [7, 11) is 0. The molecule has 0 aliphatic heterocycles. The number of rotatable bonds is 5. The number of hydrogen-bond donors (Lipinski definition) is 0. The average Bonchev–Trinajstić information content (AvgIpc) is 3.57. The molecule has 0 saturated heterocycles. The maximum atomic E-state index is 6.00. The first-order chi connectivity index (χ1) is 26.6. The van der Waals surface area contributed by atoms with E-state index in [1.54, 1.807) is 0 Å². The molecule has 6 aromatic carbocycles. The second kappa shape index (κ2) is 15.1. The van der Waals surface area contributed by atoms with E-state index in [-0.39, 0.29) is 37.3 Å². The molecule has 0 N–H and O–H groups in total. The standard InChI is InChI=1S/C52H50N3S.Pt/c1-50(2,3)36-21-24-39(25-22-36)55-45-20-14-19-41(43-30-37(51(4,5)6)23-26-46(43)56)48(45)54-49(55)35-18-13-17-34(29-35)42-31-38(52(7,8)9)32-44-40(27-28-53-47(42)44)33-15-11-10-12-16-33;/h10-28,30-32,56H,1-9H3;/q-1;+2/p-1. The van der Waals surface area contributed by atoms with Crippen molar-refractivity contribution in [2.75, 3.05) is 0 Å². The van der Waals surface area contributed by atoms with Crippen LogP contribution in [-0.2, 0) is 49.9 Å². The summed E-state index contributed by atoms with van der Waals surface area (Å²) < 4.78 is 2.28. The molecule has 0 fully saturated rings. The van der Waals surface area contributed by atoms with Crippen LogP contribution >= 0.6 is 0 Å². The van der Waals surface area contributed by atoms with Crippen molar-refractivity contribution in [1.82, 2.24) is 14.5 Å². The minimum atomic E-state index is -0.0815. The van der Waals surface area contributed by atoms with Gasteiger partial charge in [0.25, 0.3) is 0 Å². The molecule has 0 amide bonds. The molecule has 3 nitrogen and oxygen atoms in total. The third kappa shape index (κ3) is 7.75. The van der Waals surface area contributed by atoms with E-state index in [4.69, 9.17) is 22.6 Å². The topological polar surface area (TPSA) is 30.7 Å². The Balaban J connectivity index is 0.00000496. The molecule has 57 heavy (non-hydrogen) atoms. The van der Waals surface area contributed by atoms with Crippen LogP contribution in [-0.4, -0.2) is 14.5 Å². The Bertz CT molecular complexity index is 2740. The second-order valence-electron chi connectivity index (χ2n) is 18.1. The third-order valence-electron chi connectivity index (χ3n) is 10.9. The van der Waals surface area contributed by atoms with Crippen molar-refractivity contribution < 1.29 is 21.1 Å². The molecule has 8 rings (SSSR count). The minimum absolute atomic E-state index is 0. The van der Waals surface area contributed by atoms with Crippen LogP contribution in [0.15, 0.2) is 138 Å². The van der Waals surface area contributed by atoms with Crippen LogP contribution in [0.2, 0.25) is 0 Å². The Hall–Kier alpha value is -4.89. The van der Waals surface area contributed by atoms with Gasteiger partial charge in [-0.3, -0.25) is 9.97 Å². The number of imidazole rings is 1. The normalized spacial score (nSPS) is 12.2. The Kier molecular flexibility index (Phi) is 10.7. The molecule has 0 atom stereocenters. The molecule has 8 aromatic rings. The molecule has 0 radical (unpaired) electrons. The van der Waals surface area contributed by atoms with Gasteiger partial charge in [-0.05, 0) is 80.0 Å². The number of aromatic nitrogens is 3. The summed E-state index contributed by atoms with van der Waals surface area (Å²) in [4.78, 5) is 11.4. The maximum Gasteiger partial charge on any atom is 2.00 e. The van der Waals surface area contributed by atoms with Gasteiger partial charge in [0.15, 0.2) is 0 Å². The van der Waals surface area contributed by atoms with E-state index < -0.39 is 0 Å². The molecule has 288 valence electrons. The average molecular weight is 943 g/mol. The van der Waals surface area contributed by atoms with Gasteiger partial charge in [-0.1, -0.05) is 152 Å². The van der Waals surface area contributed by atoms with Gasteiger partial charge in [-0.2, -0.15) is 4.90 Å². The fraction of sp³-hybridized carbons (Fsp3) is 0.231. The zero-order valence-electron chi connectivity index (χ0n) is 34.3. The van der Waals surface area contributed by atoms with Gasteiger partial charge < -0.3 is 17.2 Å². The van der Waals surface area contributed by atoms with E-state index in [9.17, 15) is 0 Å². The molecule has 0 aliphatic carbocycles. The number of benzene rings is 6. The van der Waals surface area contributed by atoms with Gasteiger partial charge in [-0.25, -0.2) is 0 Å². The fourth-order valence-electron chi connectivity index (χ4n) is 7.60. The zero-order chi connectivity index (χ0) is 39.6. The Morgan fingerprint density at radius 1 is 0.526 bits per heavy atom. The van der Waals surface area contributed by atoms with E-state index in [2.05, 4.69) is 200 Å². The van der Waals surface area contributed by atoms with Crippen molar-refractivity contribution in [3.63, 3.8) is 0 Å². The van der Waals surface area contributed by atoms with Crippen molar-refractivity contribution >= 4 is 34.6 Å². The third-order valence-corrected chi connectivity index (χ3v) is 11.3. The van der Waals surface area contributed by atoms with Gasteiger partial charge in [0, 0.05) is 28.4 Å². The summed E-state index contributed by atoms with van der Waals surface area (Å²) in [5.74, 6) is 0.824. The van der Waals surface area contributed by atoms with Crippen LogP contribution in [0.5, 0.6) is 0 Å². The molecule has 0 saturated carbocycles. The van der Waals surface area contributed by atoms with Crippen molar-refractivity contribution in [1.29, 1.82) is 0 Å². The largest absolute Gasteiger partial charge is 2.00 e. The second-order valence-corrected chi connectivity index (χ2v) is 18.5. The molecule has 0 aliphatic rings. The first kappa shape index (κ1) is 40.3. The summed E-state index contributed by atoms with van der Waals surface area (Å²) in [6.07, 6.45) is 1.93. The number of fused-ring (bicyclic) bond motifs is 2. The van der Waals surface area contributed by atoms with Gasteiger partial charge >= 0.3 is 21.1 Å². The Morgan fingerprint density at radius 2 is 1.16 bits per heavy atom. The van der Waals surface area contributed by atoms with E-state index in [0.29, 0.717) is 0 Å². The first-order valence-electron chi connectivity index (χ1n) is 19.5. The molecule has 5 heteroatoms. The van der Waals surface area contributed by atoms with E-state index in [0.717, 1.165) is 66.2 Å².